The highest BCUT2D eigenvalue weighted by Gasteiger charge is 2.09. The highest BCUT2D eigenvalue weighted by molar-refractivity contribution is 7.99. The SMILES string of the molecule is OCC(CCSc1ccccc1)c1ccccc1. The van der Waals surface area contributed by atoms with E-state index in [0.717, 1.165) is 12.2 Å². The van der Waals surface area contributed by atoms with Crippen LogP contribution in [-0.2, 0) is 0 Å². The molecular formula is C16H18OS. The molecule has 0 aliphatic rings. The van der Waals surface area contributed by atoms with Crippen molar-refractivity contribution in [1.29, 1.82) is 0 Å². The summed E-state index contributed by atoms with van der Waals surface area (Å²) in [7, 11) is 0. The van der Waals surface area contributed by atoms with Gasteiger partial charge in [-0.2, -0.15) is 0 Å². The van der Waals surface area contributed by atoms with Crippen molar-refractivity contribution in [3.05, 3.63) is 66.2 Å². The van der Waals surface area contributed by atoms with E-state index in [1.54, 1.807) is 0 Å². The second-order valence-electron chi connectivity index (χ2n) is 4.24. The molecule has 0 fully saturated rings. The Balaban J connectivity index is 1.85. The second-order valence-corrected chi connectivity index (χ2v) is 5.41. The minimum absolute atomic E-state index is 0.222. The van der Waals surface area contributed by atoms with Crippen LogP contribution in [0.1, 0.15) is 17.9 Å². The van der Waals surface area contributed by atoms with Crippen LogP contribution < -0.4 is 0 Å². The molecule has 1 N–H and O–H groups in total. The lowest BCUT2D eigenvalue weighted by atomic mass is 9.98. The van der Waals surface area contributed by atoms with Crippen LogP contribution in [0.15, 0.2) is 65.6 Å². The summed E-state index contributed by atoms with van der Waals surface area (Å²) in [6, 6.07) is 20.7. The van der Waals surface area contributed by atoms with Crippen LogP contribution >= 0.6 is 11.8 Å². The first-order valence-corrected chi connectivity index (χ1v) is 7.22. The van der Waals surface area contributed by atoms with Gasteiger partial charge in [0.15, 0.2) is 0 Å². The number of aliphatic hydroxyl groups is 1. The Morgan fingerprint density at radius 1 is 0.889 bits per heavy atom. The molecule has 2 aromatic rings. The fourth-order valence-corrected chi connectivity index (χ4v) is 2.91. The predicted octanol–water partition coefficient (Wildman–Crippen LogP) is 3.94. The van der Waals surface area contributed by atoms with Crippen LogP contribution in [0.25, 0.3) is 0 Å². The van der Waals surface area contributed by atoms with Crippen molar-refractivity contribution in [2.24, 2.45) is 0 Å². The number of hydrogen-bond donors (Lipinski definition) is 1. The summed E-state index contributed by atoms with van der Waals surface area (Å²) >= 11 is 1.85. The van der Waals surface area contributed by atoms with E-state index in [4.69, 9.17) is 0 Å². The van der Waals surface area contributed by atoms with Crippen LogP contribution in [0.4, 0.5) is 0 Å². The molecule has 0 bridgehead atoms. The third kappa shape index (κ3) is 3.90. The maximum atomic E-state index is 9.47. The van der Waals surface area contributed by atoms with Gasteiger partial charge >= 0.3 is 0 Å². The van der Waals surface area contributed by atoms with Crippen LogP contribution in [0.3, 0.4) is 0 Å². The molecule has 0 amide bonds. The molecule has 0 aliphatic carbocycles. The van der Waals surface area contributed by atoms with Gasteiger partial charge < -0.3 is 5.11 Å². The van der Waals surface area contributed by atoms with E-state index >= 15 is 0 Å². The summed E-state index contributed by atoms with van der Waals surface area (Å²) in [6.07, 6.45) is 1.00. The largest absolute Gasteiger partial charge is 0.396 e. The number of hydrogen-bond acceptors (Lipinski definition) is 2. The fourth-order valence-electron chi connectivity index (χ4n) is 1.92. The van der Waals surface area contributed by atoms with E-state index in [0.29, 0.717) is 0 Å². The van der Waals surface area contributed by atoms with Crippen LogP contribution in [0.2, 0.25) is 0 Å². The van der Waals surface area contributed by atoms with Crippen molar-refractivity contribution in [2.45, 2.75) is 17.2 Å². The Morgan fingerprint density at radius 2 is 1.50 bits per heavy atom. The van der Waals surface area contributed by atoms with Gasteiger partial charge in [0.1, 0.15) is 0 Å². The smallest absolute Gasteiger partial charge is 0.0500 e. The molecule has 1 nitrogen and oxygen atoms in total. The zero-order chi connectivity index (χ0) is 12.6. The Labute approximate surface area is 113 Å². The zero-order valence-electron chi connectivity index (χ0n) is 10.3. The van der Waals surface area contributed by atoms with Crippen molar-refractivity contribution in [3.8, 4) is 0 Å². The van der Waals surface area contributed by atoms with Gasteiger partial charge in [-0.05, 0) is 29.9 Å². The van der Waals surface area contributed by atoms with Crippen molar-refractivity contribution in [2.75, 3.05) is 12.4 Å². The molecule has 2 rings (SSSR count). The molecular weight excluding hydrogens is 240 g/mol. The number of aliphatic hydroxyl groups excluding tert-OH is 1. The van der Waals surface area contributed by atoms with Crippen molar-refractivity contribution >= 4 is 11.8 Å². The molecule has 2 aromatic carbocycles. The van der Waals surface area contributed by atoms with Crippen LogP contribution in [0, 0.1) is 0 Å². The first-order valence-electron chi connectivity index (χ1n) is 6.24. The predicted molar refractivity (Wildman–Crippen MR) is 78.1 cm³/mol. The zero-order valence-corrected chi connectivity index (χ0v) is 11.1. The van der Waals surface area contributed by atoms with E-state index in [9.17, 15) is 5.11 Å². The molecule has 0 radical (unpaired) electrons. The van der Waals surface area contributed by atoms with Gasteiger partial charge in [-0.25, -0.2) is 0 Å². The summed E-state index contributed by atoms with van der Waals surface area (Å²) < 4.78 is 0. The van der Waals surface area contributed by atoms with E-state index in [-0.39, 0.29) is 12.5 Å². The number of benzene rings is 2. The van der Waals surface area contributed by atoms with Gasteiger partial charge in [-0.3, -0.25) is 0 Å². The molecule has 0 saturated heterocycles. The number of rotatable bonds is 6. The lowest BCUT2D eigenvalue weighted by Gasteiger charge is -2.14. The van der Waals surface area contributed by atoms with Gasteiger partial charge in [0.25, 0.3) is 0 Å². The third-order valence-corrected chi connectivity index (χ3v) is 4.01. The molecule has 2 heteroatoms. The molecule has 94 valence electrons. The van der Waals surface area contributed by atoms with E-state index in [1.807, 2.05) is 36.0 Å². The Morgan fingerprint density at radius 3 is 2.11 bits per heavy atom. The average Bonchev–Trinajstić information content (AvgIpc) is 2.46. The summed E-state index contributed by atoms with van der Waals surface area (Å²) in [4.78, 5) is 1.29. The molecule has 1 atom stereocenters. The highest BCUT2D eigenvalue weighted by atomic mass is 32.2. The summed E-state index contributed by atoms with van der Waals surface area (Å²) in [5.41, 5.74) is 1.23. The Hall–Kier alpha value is -1.25. The topological polar surface area (TPSA) is 20.2 Å². The average molecular weight is 258 g/mol. The Bertz CT molecular complexity index is 441. The van der Waals surface area contributed by atoms with Gasteiger partial charge in [-0.15, -0.1) is 11.8 Å². The van der Waals surface area contributed by atoms with Crippen LogP contribution in [-0.4, -0.2) is 17.5 Å². The lowest BCUT2D eigenvalue weighted by Crippen LogP contribution is -2.05. The van der Waals surface area contributed by atoms with Crippen molar-refractivity contribution in [1.82, 2.24) is 0 Å². The van der Waals surface area contributed by atoms with Gasteiger partial charge in [0.05, 0.1) is 0 Å². The monoisotopic (exact) mass is 258 g/mol. The van der Waals surface area contributed by atoms with Crippen molar-refractivity contribution < 1.29 is 5.11 Å². The van der Waals surface area contributed by atoms with Crippen LogP contribution in [0.5, 0.6) is 0 Å². The standard InChI is InChI=1S/C16H18OS/c17-13-15(14-7-3-1-4-8-14)11-12-18-16-9-5-2-6-10-16/h1-10,15,17H,11-13H2. The van der Waals surface area contributed by atoms with Crippen molar-refractivity contribution in [3.63, 3.8) is 0 Å². The molecule has 0 aromatic heterocycles. The molecule has 0 spiro atoms. The summed E-state index contributed by atoms with van der Waals surface area (Å²) in [5.74, 6) is 1.28. The summed E-state index contributed by atoms with van der Waals surface area (Å²) in [5, 5.41) is 9.47. The van der Waals surface area contributed by atoms with Gasteiger partial charge in [0.2, 0.25) is 0 Å². The number of thioether (sulfide) groups is 1. The third-order valence-electron chi connectivity index (χ3n) is 2.97. The molecule has 18 heavy (non-hydrogen) atoms. The van der Waals surface area contributed by atoms with E-state index in [2.05, 4.69) is 36.4 Å². The minimum atomic E-state index is 0.222. The highest BCUT2D eigenvalue weighted by Crippen LogP contribution is 2.24. The second kappa shape index (κ2) is 7.24. The summed E-state index contributed by atoms with van der Waals surface area (Å²) in [6.45, 7) is 0.222. The fraction of sp³-hybridized carbons (Fsp3) is 0.250. The Kier molecular flexibility index (Phi) is 5.31. The molecule has 0 aliphatic heterocycles. The normalized spacial score (nSPS) is 12.3. The quantitative estimate of drug-likeness (QED) is 0.792. The first-order chi connectivity index (χ1) is 8.90. The van der Waals surface area contributed by atoms with Gasteiger partial charge in [-0.1, -0.05) is 48.5 Å². The first kappa shape index (κ1) is 13.2. The minimum Gasteiger partial charge on any atom is -0.396 e. The molecule has 1 unspecified atom stereocenters. The maximum absolute atomic E-state index is 9.47. The lowest BCUT2D eigenvalue weighted by molar-refractivity contribution is 0.263. The molecule has 0 heterocycles. The van der Waals surface area contributed by atoms with Gasteiger partial charge in [0, 0.05) is 17.4 Å². The van der Waals surface area contributed by atoms with E-state index in [1.165, 1.54) is 10.5 Å². The molecule has 0 saturated carbocycles. The maximum Gasteiger partial charge on any atom is 0.0500 e. The van der Waals surface area contributed by atoms with E-state index < -0.39 is 0 Å².